The van der Waals surface area contributed by atoms with Crippen molar-refractivity contribution >= 4 is 17.7 Å². The number of hydrogen-bond donors (Lipinski definition) is 1. The van der Waals surface area contributed by atoms with E-state index in [1.807, 2.05) is 12.1 Å². The van der Waals surface area contributed by atoms with Crippen molar-refractivity contribution in [1.29, 1.82) is 0 Å². The fraction of sp³-hybridized carbons (Fsp3) is 0.348. The zero-order valence-corrected chi connectivity index (χ0v) is 17.8. The molecule has 1 saturated heterocycles. The summed E-state index contributed by atoms with van der Waals surface area (Å²) in [6.45, 7) is 5.42. The molecule has 2 aromatic carbocycles. The van der Waals surface area contributed by atoms with Crippen molar-refractivity contribution in [3.8, 4) is 11.5 Å². The summed E-state index contributed by atoms with van der Waals surface area (Å²) >= 11 is 0. The summed E-state index contributed by atoms with van der Waals surface area (Å²) in [6.07, 6.45) is 0. The molecule has 1 atom stereocenters. The van der Waals surface area contributed by atoms with E-state index < -0.39 is 17.5 Å². The van der Waals surface area contributed by atoms with Gasteiger partial charge in [0.05, 0.1) is 20.8 Å². The van der Waals surface area contributed by atoms with Crippen LogP contribution in [0.2, 0.25) is 0 Å². The lowest BCUT2D eigenvalue weighted by Crippen LogP contribution is -2.41. The van der Waals surface area contributed by atoms with Gasteiger partial charge in [0.15, 0.2) is 17.3 Å². The van der Waals surface area contributed by atoms with Crippen LogP contribution in [0.15, 0.2) is 42.5 Å². The predicted molar refractivity (Wildman–Crippen MR) is 112 cm³/mol. The molecule has 1 fully saturated rings. The van der Waals surface area contributed by atoms with Crippen LogP contribution >= 0.6 is 0 Å². The molecule has 1 aliphatic heterocycles. The third-order valence-electron chi connectivity index (χ3n) is 5.44. The highest BCUT2D eigenvalue weighted by Crippen LogP contribution is 2.35. The van der Waals surface area contributed by atoms with Gasteiger partial charge in [0.1, 0.15) is 5.54 Å². The van der Waals surface area contributed by atoms with Crippen molar-refractivity contribution < 1.29 is 23.9 Å². The molecule has 0 bridgehead atoms. The number of hydrogen-bond acceptors (Lipinski definition) is 5. The molecular formula is C23H26N2O5. The Morgan fingerprint density at radius 1 is 1.03 bits per heavy atom. The number of imide groups is 1. The molecule has 7 heteroatoms. The van der Waals surface area contributed by atoms with Crippen LogP contribution in [-0.2, 0) is 10.3 Å². The maximum Gasteiger partial charge on any atom is 0.325 e. The number of benzene rings is 2. The summed E-state index contributed by atoms with van der Waals surface area (Å²) < 4.78 is 10.5. The number of nitrogens with one attached hydrogen (secondary N) is 1. The second kappa shape index (κ2) is 8.18. The van der Waals surface area contributed by atoms with Crippen molar-refractivity contribution in [2.45, 2.75) is 32.2 Å². The van der Waals surface area contributed by atoms with Gasteiger partial charge in [0.25, 0.3) is 5.91 Å². The lowest BCUT2D eigenvalue weighted by atomic mass is 9.91. The van der Waals surface area contributed by atoms with Gasteiger partial charge in [-0.15, -0.1) is 0 Å². The maximum absolute atomic E-state index is 13.1. The minimum absolute atomic E-state index is 0.301. The summed E-state index contributed by atoms with van der Waals surface area (Å²) in [6, 6.07) is 11.6. The molecule has 3 amide bonds. The standard InChI is InChI=1S/C23H26N2O5/c1-14(2)15-6-8-16(9-7-15)18(26)13-25-21(27)23(3,24-22(25)28)17-10-11-19(29-4)20(12-17)30-5/h6-12,14H,13H2,1-5H3,(H,24,28). The number of carbonyl (C=O) groups excluding carboxylic acids is 3. The summed E-state index contributed by atoms with van der Waals surface area (Å²) in [5.74, 6) is 0.510. The van der Waals surface area contributed by atoms with E-state index in [2.05, 4.69) is 19.2 Å². The van der Waals surface area contributed by atoms with Crippen molar-refractivity contribution in [2.24, 2.45) is 0 Å². The molecule has 158 valence electrons. The summed E-state index contributed by atoms with van der Waals surface area (Å²) in [4.78, 5) is 39.3. The van der Waals surface area contributed by atoms with Gasteiger partial charge < -0.3 is 14.8 Å². The van der Waals surface area contributed by atoms with Crippen LogP contribution in [0, 0.1) is 0 Å². The van der Waals surface area contributed by atoms with Gasteiger partial charge in [-0.25, -0.2) is 4.79 Å². The molecule has 3 rings (SSSR count). The Balaban J connectivity index is 1.82. The maximum atomic E-state index is 13.1. The number of urea groups is 1. The first-order valence-electron chi connectivity index (χ1n) is 9.71. The number of ether oxygens (including phenoxy) is 2. The second-order valence-corrected chi connectivity index (χ2v) is 7.72. The minimum atomic E-state index is -1.31. The van der Waals surface area contributed by atoms with Crippen molar-refractivity contribution in [3.05, 3.63) is 59.2 Å². The van der Waals surface area contributed by atoms with Crippen molar-refractivity contribution in [1.82, 2.24) is 10.2 Å². The summed E-state index contributed by atoms with van der Waals surface area (Å²) in [7, 11) is 3.01. The number of amides is 3. The number of ketones is 1. The normalized spacial score (nSPS) is 18.5. The van der Waals surface area contributed by atoms with E-state index in [4.69, 9.17) is 9.47 Å². The van der Waals surface area contributed by atoms with E-state index in [1.165, 1.54) is 14.2 Å². The van der Waals surface area contributed by atoms with Gasteiger partial charge in [-0.3, -0.25) is 14.5 Å². The van der Waals surface area contributed by atoms with E-state index in [0.29, 0.717) is 28.5 Å². The largest absolute Gasteiger partial charge is 0.493 e. The molecule has 0 saturated carbocycles. The molecule has 7 nitrogen and oxygen atoms in total. The third kappa shape index (κ3) is 3.75. The molecule has 1 aliphatic rings. The molecule has 0 spiro atoms. The van der Waals surface area contributed by atoms with E-state index in [1.54, 1.807) is 37.3 Å². The van der Waals surface area contributed by atoms with Gasteiger partial charge >= 0.3 is 6.03 Å². The van der Waals surface area contributed by atoms with Crippen LogP contribution in [0.1, 0.15) is 48.2 Å². The van der Waals surface area contributed by atoms with Gasteiger partial charge in [-0.05, 0) is 36.1 Å². The smallest absolute Gasteiger partial charge is 0.325 e. The molecule has 1 N–H and O–H groups in total. The predicted octanol–water partition coefficient (Wildman–Crippen LogP) is 3.48. The summed E-state index contributed by atoms with van der Waals surface area (Å²) in [5.41, 5.74) is 0.801. The van der Waals surface area contributed by atoms with Gasteiger partial charge in [-0.1, -0.05) is 44.2 Å². The fourth-order valence-corrected chi connectivity index (χ4v) is 3.47. The second-order valence-electron chi connectivity index (χ2n) is 7.72. The van der Waals surface area contributed by atoms with Crippen LogP contribution in [-0.4, -0.2) is 43.4 Å². The van der Waals surface area contributed by atoms with Crippen LogP contribution in [0.5, 0.6) is 11.5 Å². The Morgan fingerprint density at radius 3 is 2.23 bits per heavy atom. The molecule has 1 unspecified atom stereocenters. The Bertz CT molecular complexity index is 984. The minimum Gasteiger partial charge on any atom is -0.493 e. The van der Waals surface area contributed by atoms with Crippen LogP contribution < -0.4 is 14.8 Å². The first-order chi connectivity index (χ1) is 14.2. The van der Waals surface area contributed by atoms with Gasteiger partial charge in [-0.2, -0.15) is 0 Å². The SMILES string of the molecule is COc1ccc(C2(C)NC(=O)N(CC(=O)c3ccc(C(C)C)cc3)C2=O)cc1OC. The van der Waals surface area contributed by atoms with Crippen molar-refractivity contribution in [2.75, 3.05) is 20.8 Å². The van der Waals surface area contributed by atoms with E-state index in [-0.39, 0.29) is 12.3 Å². The van der Waals surface area contributed by atoms with Crippen LogP contribution in [0.25, 0.3) is 0 Å². The first-order valence-corrected chi connectivity index (χ1v) is 9.71. The van der Waals surface area contributed by atoms with E-state index in [9.17, 15) is 14.4 Å². The quantitative estimate of drug-likeness (QED) is 0.558. The fourth-order valence-electron chi connectivity index (χ4n) is 3.47. The highest BCUT2D eigenvalue weighted by molar-refractivity contribution is 6.11. The number of Topliss-reactive ketones (excluding diaryl/α,β-unsaturated/α-hetero) is 1. The third-order valence-corrected chi connectivity index (χ3v) is 5.44. The van der Waals surface area contributed by atoms with Gasteiger partial charge in [0, 0.05) is 5.56 Å². The first kappa shape index (κ1) is 21.4. The van der Waals surface area contributed by atoms with Crippen LogP contribution in [0.4, 0.5) is 4.79 Å². The molecule has 2 aromatic rings. The van der Waals surface area contributed by atoms with Crippen molar-refractivity contribution in [3.63, 3.8) is 0 Å². The molecule has 0 aromatic heterocycles. The zero-order valence-electron chi connectivity index (χ0n) is 17.8. The molecule has 0 aliphatic carbocycles. The lowest BCUT2D eigenvalue weighted by Gasteiger charge is -2.23. The highest BCUT2D eigenvalue weighted by atomic mass is 16.5. The average Bonchev–Trinajstić information content (AvgIpc) is 2.97. The number of rotatable bonds is 7. The zero-order chi connectivity index (χ0) is 22.1. The Hall–Kier alpha value is -3.35. The highest BCUT2D eigenvalue weighted by Gasteiger charge is 2.49. The molecule has 1 heterocycles. The van der Waals surface area contributed by atoms with E-state index >= 15 is 0 Å². The Morgan fingerprint density at radius 2 is 1.67 bits per heavy atom. The van der Waals surface area contributed by atoms with E-state index in [0.717, 1.165) is 10.5 Å². The number of methoxy groups -OCH3 is 2. The number of carbonyl (C=O) groups is 3. The summed E-state index contributed by atoms with van der Waals surface area (Å²) in [5, 5.41) is 2.70. The molecule has 30 heavy (non-hydrogen) atoms. The molecule has 0 radical (unpaired) electrons. The lowest BCUT2D eigenvalue weighted by molar-refractivity contribution is -0.130. The van der Waals surface area contributed by atoms with Gasteiger partial charge in [0.2, 0.25) is 0 Å². The van der Waals surface area contributed by atoms with Crippen LogP contribution in [0.3, 0.4) is 0 Å². The topological polar surface area (TPSA) is 84.9 Å². The number of nitrogens with zero attached hydrogens (tertiary/aromatic N) is 1. The Kier molecular flexibility index (Phi) is 5.82. The Labute approximate surface area is 176 Å². The average molecular weight is 410 g/mol. The molecular weight excluding hydrogens is 384 g/mol. The monoisotopic (exact) mass is 410 g/mol.